The van der Waals surface area contributed by atoms with Crippen molar-refractivity contribution >= 4 is 34.9 Å². The van der Waals surface area contributed by atoms with E-state index >= 15 is 0 Å². The molecule has 0 saturated heterocycles. The zero-order valence-corrected chi connectivity index (χ0v) is 20.6. The largest absolute Gasteiger partial charge is 0.497 e. The molecule has 2 aromatic carbocycles. The molecule has 0 amide bonds. The van der Waals surface area contributed by atoms with Gasteiger partial charge in [0, 0.05) is 23.0 Å². The Labute approximate surface area is 204 Å². The van der Waals surface area contributed by atoms with Gasteiger partial charge in [0.05, 0.1) is 33.6 Å². The number of hydrogen-bond donors (Lipinski definition) is 3. The Morgan fingerprint density at radius 2 is 1.59 bits per heavy atom. The van der Waals surface area contributed by atoms with E-state index in [1.807, 2.05) is 56.3 Å². The predicted octanol–water partition coefficient (Wildman–Crippen LogP) is 4.07. The van der Waals surface area contributed by atoms with Crippen molar-refractivity contribution in [1.82, 2.24) is 15.3 Å². The normalized spacial score (nSPS) is 10.9. The summed E-state index contributed by atoms with van der Waals surface area (Å²) in [4.78, 5) is 13.5. The van der Waals surface area contributed by atoms with Crippen LogP contribution in [0.2, 0.25) is 0 Å². The van der Waals surface area contributed by atoms with Gasteiger partial charge in [-0.25, -0.2) is 15.0 Å². The minimum atomic E-state index is 0.305. The average Bonchev–Trinajstić information content (AvgIpc) is 2.82. The smallest absolute Gasteiger partial charge is 0.229 e. The third-order valence-corrected chi connectivity index (χ3v) is 4.91. The van der Waals surface area contributed by atoms with Crippen LogP contribution in [-0.2, 0) is 6.54 Å². The van der Waals surface area contributed by atoms with Crippen molar-refractivity contribution < 1.29 is 14.2 Å². The number of benzene rings is 2. The first-order valence-corrected chi connectivity index (χ1v) is 10.9. The van der Waals surface area contributed by atoms with Crippen molar-refractivity contribution in [3.05, 3.63) is 65.5 Å². The highest BCUT2D eigenvalue weighted by atomic mass is 32.1. The molecular formula is C24H28N6O3S. The molecule has 0 bridgehead atoms. The van der Waals surface area contributed by atoms with Gasteiger partial charge in [0.1, 0.15) is 17.2 Å². The van der Waals surface area contributed by atoms with Crippen LogP contribution in [0.15, 0.2) is 53.5 Å². The van der Waals surface area contributed by atoms with Crippen LogP contribution in [0.25, 0.3) is 0 Å². The molecule has 0 saturated carbocycles. The molecular weight excluding hydrogens is 452 g/mol. The molecule has 34 heavy (non-hydrogen) atoms. The number of aromatic nitrogens is 2. The van der Waals surface area contributed by atoms with E-state index in [-0.39, 0.29) is 0 Å². The number of rotatable bonds is 7. The van der Waals surface area contributed by atoms with Crippen LogP contribution >= 0.6 is 12.2 Å². The van der Waals surface area contributed by atoms with Crippen LogP contribution in [0.4, 0.5) is 11.6 Å². The molecule has 0 aliphatic carbocycles. The fourth-order valence-corrected chi connectivity index (χ4v) is 3.37. The molecule has 0 spiro atoms. The first-order chi connectivity index (χ1) is 16.4. The molecule has 0 fully saturated rings. The molecule has 178 valence electrons. The van der Waals surface area contributed by atoms with E-state index in [0.29, 0.717) is 40.8 Å². The third kappa shape index (κ3) is 6.79. The summed E-state index contributed by atoms with van der Waals surface area (Å²) in [7, 11) is 4.80. The molecule has 1 aromatic heterocycles. The van der Waals surface area contributed by atoms with Gasteiger partial charge in [0.15, 0.2) is 5.11 Å². The van der Waals surface area contributed by atoms with Crippen LogP contribution in [-0.4, -0.2) is 42.4 Å². The molecule has 0 aliphatic heterocycles. The van der Waals surface area contributed by atoms with Gasteiger partial charge < -0.3 is 24.8 Å². The molecule has 3 aromatic rings. The van der Waals surface area contributed by atoms with E-state index in [2.05, 4.69) is 30.9 Å². The summed E-state index contributed by atoms with van der Waals surface area (Å²) in [5.74, 6) is 2.79. The molecule has 0 atom stereocenters. The maximum absolute atomic E-state index is 5.53. The van der Waals surface area contributed by atoms with Crippen molar-refractivity contribution in [1.29, 1.82) is 0 Å². The van der Waals surface area contributed by atoms with Crippen molar-refractivity contribution in [3.63, 3.8) is 0 Å². The first-order valence-electron chi connectivity index (χ1n) is 10.5. The maximum atomic E-state index is 5.53. The van der Waals surface area contributed by atoms with Crippen LogP contribution in [0.3, 0.4) is 0 Å². The lowest BCUT2D eigenvalue weighted by molar-refractivity contribution is 0.395. The number of nitrogens with zero attached hydrogens (tertiary/aromatic N) is 3. The predicted molar refractivity (Wildman–Crippen MR) is 138 cm³/mol. The first kappa shape index (κ1) is 24.7. The Morgan fingerprint density at radius 3 is 2.26 bits per heavy atom. The van der Waals surface area contributed by atoms with Crippen LogP contribution < -0.4 is 30.2 Å². The summed E-state index contributed by atoms with van der Waals surface area (Å²) in [6, 6.07) is 15.0. The minimum Gasteiger partial charge on any atom is -0.497 e. The highest BCUT2D eigenvalue weighted by Gasteiger charge is 2.11. The number of aliphatic imine (C=N–C) groups is 1. The Hall–Kier alpha value is -3.92. The summed E-state index contributed by atoms with van der Waals surface area (Å²) in [5, 5.41) is 9.65. The minimum absolute atomic E-state index is 0.305. The molecule has 0 radical (unpaired) electrons. The summed E-state index contributed by atoms with van der Waals surface area (Å²) >= 11 is 5.53. The molecule has 3 rings (SSSR count). The number of hydrogen-bond acceptors (Lipinski definition) is 7. The number of guanidine groups is 1. The zero-order valence-electron chi connectivity index (χ0n) is 19.8. The Morgan fingerprint density at radius 1 is 0.882 bits per heavy atom. The van der Waals surface area contributed by atoms with Gasteiger partial charge in [-0.15, -0.1) is 0 Å². The van der Waals surface area contributed by atoms with Crippen molar-refractivity contribution in [2.24, 2.45) is 4.99 Å². The fraction of sp³-hybridized carbons (Fsp3) is 0.250. The second-order valence-electron chi connectivity index (χ2n) is 7.22. The fourth-order valence-electron chi connectivity index (χ4n) is 3.16. The van der Waals surface area contributed by atoms with Gasteiger partial charge in [-0.05, 0) is 50.3 Å². The van der Waals surface area contributed by atoms with Crippen molar-refractivity contribution in [3.8, 4) is 17.2 Å². The number of methoxy groups -OCH3 is 3. The summed E-state index contributed by atoms with van der Waals surface area (Å²) < 4.78 is 16.1. The van der Waals surface area contributed by atoms with Gasteiger partial charge in [0.2, 0.25) is 11.9 Å². The van der Waals surface area contributed by atoms with Gasteiger partial charge in [0.25, 0.3) is 0 Å². The molecule has 1 heterocycles. The summed E-state index contributed by atoms with van der Waals surface area (Å²) in [6.45, 7) is 4.15. The Bertz CT molecular complexity index is 1160. The van der Waals surface area contributed by atoms with Crippen LogP contribution in [0.1, 0.15) is 17.0 Å². The highest BCUT2D eigenvalue weighted by molar-refractivity contribution is 7.80. The third-order valence-electron chi connectivity index (χ3n) is 4.70. The van der Waals surface area contributed by atoms with E-state index in [4.69, 9.17) is 26.4 Å². The second-order valence-corrected chi connectivity index (χ2v) is 7.63. The quantitative estimate of drug-likeness (QED) is 0.262. The Balaban J connectivity index is 1.83. The SMILES string of the molecule is COc1ccc(NC(=S)NC(=NCc2ccccc2OC)Nc2nc(C)cc(C)n2)c(OC)c1. The topological polar surface area (TPSA) is 102 Å². The second kappa shape index (κ2) is 11.8. The zero-order chi connectivity index (χ0) is 24.5. The lowest BCUT2D eigenvalue weighted by atomic mass is 10.2. The molecule has 10 heteroatoms. The van der Waals surface area contributed by atoms with E-state index in [1.54, 1.807) is 27.4 Å². The van der Waals surface area contributed by atoms with E-state index in [9.17, 15) is 0 Å². The van der Waals surface area contributed by atoms with E-state index < -0.39 is 0 Å². The number of thiocarbonyl (C=S) groups is 1. The molecule has 0 aliphatic rings. The van der Waals surface area contributed by atoms with E-state index in [1.165, 1.54) is 0 Å². The van der Waals surface area contributed by atoms with Gasteiger partial charge in [-0.3, -0.25) is 5.32 Å². The highest BCUT2D eigenvalue weighted by Crippen LogP contribution is 2.29. The number of para-hydroxylation sites is 1. The molecule has 9 nitrogen and oxygen atoms in total. The lowest BCUT2D eigenvalue weighted by Crippen LogP contribution is -2.39. The molecule has 0 unspecified atom stereocenters. The van der Waals surface area contributed by atoms with Crippen LogP contribution in [0.5, 0.6) is 17.2 Å². The molecule has 3 N–H and O–H groups in total. The van der Waals surface area contributed by atoms with Gasteiger partial charge >= 0.3 is 0 Å². The van der Waals surface area contributed by atoms with Gasteiger partial charge in [-0.2, -0.15) is 0 Å². The summed E-state index contributed by atoms with van der Waals surface area (Å²) in [6.07, 6.45) is 0. The van der Waals surface area contributed by atoms with Crippen LogP contribution in [0, 0.1) is 13.8 Å². The number of anilines is 2. The monoisotopic (exact) mass is 480 g/mol. The maximum Gasteiger partial charge on any atom is 0.229 e. The summed E-state index contributed by atoms with van der Waals surface area (Å²) in [5.41, 5.74) is 3.26. The number of ether oxygens (including phenoxy) is 3. The van der Waals surface area contributed by atoms with Gasteiger partial charge in [-0.1, -0.05) is 18.2 Å². The van der Waals surface area contributed by atoms with E-state index in [0.717, 1.165) is 22.7 Å². The van der Waals surface area contributed by atoms with Crippen molar-refractivity contribution in [2.75, 3.05) is 32.0 Å². The average molecular weight is 481 g/mol. The number of nitrogens with one attached hydrogen (secondary N) is 3. The Kier molecular flexibility index (Phi) is 8.58. The van der Waals surface area contributed by atoms with Crippen molar-refractivity contribution in [2.45, 2.75) is 20.4 Å². The lowest BCUT2D eigenvalue weighted by Gasteiger charge is -2.16. The standard InChI is InChI=1S/C24H28N6O3S/c1-15-12-16(2)27-23(26-15)29-22(25-14-17-8-6-7-9-20(17)32-4)30-24(34)28-19-11-10-18(31-3)13-21(19)33-5/h6-13H,14H2,1-5H3,(H3,25,26,27,28,29,30,34). The number of aryl methyl sites for hydroxylation is 2.